The van der Waals surface area contributed by atoms with E-state index in [4.69, 9.17) is 5.11 Å². The largest absolute Gasteiger partial charge is 0.478 e. The molecule has 0 aromatic carbocycles. The van der Waals surface area contributed by atoms with Crippen LogP contribution in [-0.4, -0.2) is 17.3 Å². The molecule has 44 valence electrons. The number of hydrogen-bond acceptors (Lipinski definition) is 2. The first-order valence-corrected chi connectivity index (χ1v) is 2.14. The molecule has 0 aromatic rings. The highest BCUT2D eigenvalue weighted by molar-refractivity contribution is 5.79. The summed E-state index contributed by atoms with van der Waals surface area (Å²) in [5, 5.41) is 7.98. The minimum absolute atomic E-state index is 0.972. The number of aliphatic imine (C=N–C) groups is 1. The van der Waals surface area contributed by atoms with Gasteiger partial charge in [0.2, 0.25) is 0 Å². The third-order valence-corrected chi connectivity index (χ3v) is 0.452. The molecule has 0 bridgehead atoms. The minimum atomic E-state index is -0.976. The molecular weight excluding hydrogens is 106 g/mol. The zero-order valence-corrected chi connectivity index (χ0v) is 4.53. The van der Waals surface area contributed by atoms with Gasteiger partial charge in [0.25, 0.3) is 0 Å². The Bertz CT molecular complexity index is 126. The first kappa shape index (κ1) is 6.88. The van der Waals surface area contributed by atoms with E-state index in [9.17, 15) is 4.79 Å². The smallest absolute Gasteiger partial charge is 0.329 e. The third-order valence-electron chi connectivity index (χ3n) is 0.452. The van der Waals surface area contributed by atoms with Crippen LogP contribution in [0.25, 0.3) is 0 Å². The Morgan fingerprint density at radius 2 is 2.38 bits per heavy atom. The summed E-state index contributed by atoms with van der Waals surface area (Å²) in [5.41, 5.74) is 0. The van der Waals surface area contributed by atoms with Crippen molar-refractivity contribution in [2.24, 2.45) is 4.99 Å². The highest BCUT2D eigenvalue weighted by Crippen LogP contribution is 1.71. The molecule has 0 heterocycles. The Labute approximate surface area is 47.4 Å². The molecule has 3 heteroatoms. The minimum Gasteiger partial charge on any atom is -0.478 e. The summed E-state index contributed by atoms with van der Waals surface area (Å²) in [6.07, 6.45) is 3.71. The Kier molecular flexibility index (Phi) is 3.48. The van der Waals surface area contributed by atoms with Crippen LogP contribution in [0.1, 0.15) is 6.92 Å². The van der Waals surface area contributed by atoms with Gasteiger partial charge in [0.1, 0.15) is 0 Å². The summed E-state index contributed by atoms with van der Waals surface area (Å²) in [5.74, 6) is -0.976. The van der Waals surface area contributed by atoms with Crippen LogP contribution in [-0.2, 0) is 4.79 Å². The second-order valence-corrected chi connectivity index (χ2v) is 1.06. The van der Waals surface area contributed by atoms with Crippen molar-refractivity contribution in [1.29, 1.82) is 0 Å². The standard InChI is InChI=1S/C5H7NO2/c1-2-6-4-3-5(7)8/h2-4H,1H3,(H,7,8)/b4-3+,6-2-. The summed E-state index contributed by atoms with van der Waals surface area (Å²) >= 11 is 0. The number of carboxylic acids is 1. The van der Waals surface area contributed by atoms with Gasteiger partial charge in [-0.05, 0) is 6.92 Å². The van der Waals surface area contributed by atoms with Gasteiger partial charge in [-0.25, -0.2) is 4.79 Å². The molecule has 0 amide bonds. The van der Waals surface area contributed by atoms with Gasteiger partial charge in [-0.1, -0.05) is 0 Å². The summed E-state index contributed by atoms with van der Waals surface area (Å²) in [4.78, 5) is 13.2. The van der Waals surface area contributed by atoms with Crippen LogP contribution in [0.5, 0.6) is 0 Å². The first-order valence-electron chi connectivity index (χ1n) is 2.14. The number of aliphatic carboxylic acids is 1. The molecule has 3 nitrogen and oxygen atoms in total. The van der Waals surface area contributed by atoms with E-state index in [1.807, 2.05) is 0 Å². The molecule has 0 aliphatic carbocycles. The first-order chi connectivity index (χ1) is 3.77. The van der Waals surface area contributed by atoms with E-state index >= 15 is 0 Å². The van der Waals surface area contributed by atoms with Crippen LogP contribution in [0.3, 0.4) is 0 Å². The van der Waals surface area contributed by atoms with E-state index in [1.165, 1.54) is 12.4 Å². The molecule has 0 radical (unpaired) electrons. The summed E-state index contributed by atoms with van der Waals surface area (Å²) in [6.45, 7) is 1.71. The highest BCUT2D eigenvalue weighted by atomic mass is 16.4. The van der Waals surface area contributed by atoms with Gasteiger partial charge in [0, 0.05) is 18.5 Å². The van der Waals surface area contributed by atoms with Crippen molar-refractivity contribution < 1.29 is 9.90 Å². The lowest BCUT2D eigenvalue weighted by Crippen LogP contribution is -1.84. The number of carboxylic acid groups (broad SMARTS) is 1. The number of hydrogen-bond donors (Lipinski definition) is 1. The van der Waals surface area contributed by atoms with Gasteiger partial charge < -0.3 is 5.11 Å². The predicted octanol–water partition coefficient (Wildman–Crippen LogP) is 0.675. The van der Waals surface area contributed by atoms with Crippen molar-refractivity contribution in [3.05, 3.63) is 12.3 Å². The molecule has 0 saturated carbocycles. The van der Waals surface area contributed by atoms with Gasteiger partial charge in [-0.3, -0.25) is 4.99 Å². The van der Waals surface area contributed by atoms with E-state index in [2.05, 4.69) is 4.99 Å². The van der Waals surface area contributed by atoms with Gasteiger partial charge in [-0.2, -0.15) is 0 Å². The maximum Gasteiger partial charge on any atom is 0.329 e. The quantitative estimate of drug-likeness (QED) is 0.422. The second kappa shape index (κ2) is 4.05. The van der Waals surface area contributed by atoms with Gasteiger partial charge in [0.15, 0.2) is 0 Å². The average Bonchev–Trinajstić information content (AvgIpc) is 1.66. The second-order valence-electron chi connectivity index (χ2n) is 1.06. The van der Waals surface area contributed by atoms with Crippen molar-refractivity contribution in [3.63, 3.8) is 0 Å². The van der Waals surface area contributed by atoms with Gasteiger partial charge in [-0.15, -0.1) is 0 Å². The molecule has 0 fully saturated rings. The molecule has 8 heavy (non-hydrogen) atoms. The van der Waals surface area contributed by atoms with Crippen molar-refractivity contribution in [2.45, 2.75) is 6.92 Å². The molecule has 0 spiro atoms. The van der Waals surface area contributed by atoms with Crippen molar-refractivity contribution in [1.82, 2.24) is 0 Å². The zero-order valence-electron chi connectivity index (χ0n) is 4.53. The fraction of sp³-hybridized carbons (Fsp3) is 0.200. The fourth-order valence-electron chi connectivity index (χ4n) is 0.193. The summed E-state index contributed by atoms with van der Waals surface area (Å²) in [7, 11) is 0. The highest BCUT2D eigenvalue weighted by Gasteiger charge is 1.79. The van der Waals surface area contributed by atoms with E-state index < -0.39 is 5.97 Å². The Morgan fingerprint density at radius 1 is 1.75 bits per heavy atom. The average molecular weight is 113 g/mol. The predicted molar refractivity (Wildman–Crippen MR) is 30.9 cm³/mol. The lowest BCUT2D eigenvalue weighted by Gasteiger charge is -1.72. The Balaban J connectivity index is 3.50. The Hall–Kier alpha value is -1.12. The zero-order chi connectivity index (χ0) is 6.41. The van der Waals surface area contributed by atoms with Gasteiger partial charge in [0.05, 0.1) is 0 Å². The normalized spacial score (nSPS) is 11.1. The fourth-order valence-corrected chi connectivity index (χ4v) is 0.193. The third kappa shape index (κ3) is 4.88. The summed E-state index contributed by atoms with van der Waals surface area (Å²) < 4.78 is 0. The van der Waals surface area contributed by atoms with Crippen LogP contribution in [0, 0.1) is 0 Å². The molecule has 0 aliphatic heterocycles. The van der Waals surface area contributed by atoms with Crippen LogP contribution in [0.15, 0.2) is 17.3 Å². The molecule has 0 saturated heterocycles. The molecule has 0 aliphatic rings. The maximum absolute atomic E-state index is 9.71. The molecule has 0 rings (SSSR count). The van der Waals surface area contributed by atoms with Gasteiger partial charge >= 0.3 is 5.97 Å². The van der Waals surface area contributed by atoms with Crippen molar-refractivity contribution >= 4 is 12.2 Å². The van der Waals surface area contributed by atoms with Crippen LogP contribution < -0.4 is 0 Å². The van der Waals surface area contributed by atoms with E-state index in [0.29, 0.717) is 0 Å². The maximum atomic E-state index is 9.71. The molecular formula is C5H7NO2. The van der Waals surface area contributed by atoms with Crippen LogP contribution in [0.4, 0.5) is 0 Å². The van der Waals surface area contributed by atoms with Crippen molar-refractivity contribution in [3.8, 4) is 0 Å². The van der Waals surface area contributed by atoms with Crippen LogP contribution >= 0.6 is 0 Å². The van der Waals surface area contributed by atoms with Crippen LogP contribution in [0.2, 0.25) is 0 Å². The van der Waals surface area contributed by atoms with E-state index in [1.54, 1.807) is 6.92 Å². The SMILES string of the molecule is C/C=N\C=C\C(=O)O. The van der Waals surface area contributed by atoms with E-state index in [-0.39, 0.29) is 0 Å². The molecule has 0 atom stereocenters. The topological polar surface area (TPSA) is 49.7 Å². The monoisotopic (exact) mass is 113 g/mol. The number of carbonyl (C=O) groups is 1. The number of rotatable bonds is 2. The Morgan fingerprint density at radius 3 is 2.75 bits per heavy atom. The van der Waals surface area contributed by atoms with E-state index in [0.717, 1.165) is 6.08 Å². The molecule has 0 aromatic heterocycles. The lowest BCUT2D eigenvalue weighted by atomic mass is 10.6. The molecule has 0 unspecified atom stereocenters. The van der Waals surface area contributed by atoms with Crippen molar-refractivity contribution in [2.75, 3.05) is 0 Å². The molecule has 1 N–H and O–H groups in total. The summed E-state index contributed by atoms with van der Waals surface area (Å²) in [6, 6.07) is 0. The number of nitrogens with zero attached hydrogens (tertiary/aromatic N) is 1. The lowest BCUT2D eigenvalue weighted by molar-refractivity contribution is -0.131.